The first-order chi connectivity index (χ1) is 8.81. The minimum atomic E-state index is -4.47. The van der Waals surface area contributed by atoms with E-state index in [1.165, 1.54) is 12.5 Å². The highest BCUT2D eigenvalue weighted by molar-refractivity contribution is 5.93. The molecular formula is C14H17F3N2. The lowest BCUT2D eigenvalue weighted by Crippen LogP contribution is -2.09. The van der Waals surface area contributed by atoms with E-state index in [1.54, 1.807) is 19.1 Å². The third-order valence-corrected chi connectivity index (χ3v) is 2.36. The zero-order chi connectivity index (χ0) is 14.6. The van der Waals surface area contributed by atoms with Gasteiger partial charge >= 0.3 is 6.18 Å². The summed E-state index contributed by atoms with van der Waals surface area (Å²) < 4.78 is 37.4. The van der Waals surface area contributed by atoms with E-state index < -0.39 is 11.9 Å². The zero-order valence-electron chi connectivity index (χ0n) is 11.2. The quantitative estimate of drug-likeness (QED) is 0.762. The van der Waals surface area contributed by atoms with Gasteiger partial charge in [0.2, 0.25) is 0 Å². The Balaban J connectivity index is 0.000000550. The molecule has 0 aliphatic rings. The number of hydrogen-bond donors (Lipinski definition) is 1. The SMILES string of the molecule is CCC.Cc1cccc2nc(C(F)(F)F)cc(N)c12. The summed E-state index contributed by atoms with van der Waals surface area (Å²) in [4.78, 5) is 3.56. The Kier molecular flexibility index (Phi) is 4.75. The van der Waals surface area contributed by atoms with Crippen molar-refractivity contribution in [2.75, 3.05) is 5.73 Å². The number of aryl methyl sites for hydroxylation is 1. The van der Waals surface area contributed by atoms with E-state index >= 15 is 0 Å². The van der Waals surface area contributed by atoms with E-state index in [9.17, 15) is 13.2 Å². The average Bonchev–Trinajstić information content (AvgIpc) is 2.28. The summed E-state index contributed by atoms with van der Waals surface area (Å²) in [6, 6.07) is 5.83. The molecule has 104 valence electrons. The second kappa shape index (κ2) is 5.91. The Bertz CT molecular complexity index is 562. The number of alkyl halides is 3. The van der Waals surface area contributed by atoms with E-state index in [2.05, 4.69) is 18.8 Å². The number of hydrogen-bond acceptors (Lipinski definition) is 2. The van der Waals surface area contributed by atoms with Crippen LogP contribution in [0.1, 0.15) is 31.5 Å². The van der Waals surface area contributed by atoms with E-state index in [1.807, 2.05) is 0 Å². The van der Waals surface area contributed by atoms with Crippen molar-refractivity contribution >= 4 is 16.6 Å². The van der Waals surface area contributed by atoms with Gasteiger partial charge in [0.15, 0.2) is 0 Å². The maximum absolute atomic E-state index is 12.5. The number of anilines is 1. The molecule has 0 atom stereocenters. The molecule has 0 unspecified atom stereocenters. The predicted molar refractivity (Wildman–Crippen MR) is 71.9 cm³/mol. The first kappa shape index (κ1) is 15.3. The standard InChI is InChI=1S/C11H9F3N2.C3H8/c1-6-3-2-4-8-10(6)7(15)5-9(16-8)11(12,13)14;1-3-2/h2-5H,1H3,(H2,15,16);3H2,1-2H3. The minimum absolute atomic E-state index is 0.107. The van der Waals surface area contributed by atoms with Crippen molar-refractivity contribution in [3.05, 3.63) is 35.5 Å². The van der Waals surface area contributed by atoms with Crippen molar-refractivity contribution in [1.82, 2.24) is 4.98 Å². The molecule has 1 aromatic heterocycles. The van der Waals surface area contributed by atoms with Gasteiger partial charge in [0, 0.05) is 11.1 Å². The van der Waals surface area contributed by atoms with Crippen LogP contribution in [-0.4, -0.2) is 4.98 Å². The molecule has 2 aromatic rings. The number of aromatic nitrogens is 1. The van der Waals surface area contributed by atoms with E-state index in [-0.39, 0.29) is 11.2 Å². The first-order valence-electron chi connectivity index (χ1n) is 6.04. The number of rotatable bonds is 0. The van der Waals surface area contributed by atoms with Gasteiger partial charge in [-0.25, -0.2) is 4.98 Å². The monoisotopic (exact) mass is 270 g/mol. The van der Waals surface area contributed by atoms with Crippen LogP contribution in [0.25, 0.3) is 10.9 Å². The molecule has 1 aromatic carbocycles. The fourth-order valence-corrected chi connectivity index (χ4v) is 1.65. The molecule has 2 nitrogen and oxygen atoms in total. The number of pyridine rings is 1. The third-order valence-electron chi connectivity index (χ3n) is 2.36. The van der Waals surface area contributed by atoms with Crippen LogP contribution in [0.3, 0.4) is 0 Å². The number of nitrogens with zero attached hydrogens (tertiary/aromatic N) is 1. The highest BCUT2D eigenvalue weighted by atomic mass is 19.4. The van der Waals surface area contributed by atoms with Crippen molar-refractivity contribution < 1.29 is 13.2 Å². The molecule has 19 heavy (non-hydrogen) atoms. The second-order valence-corrected chi connectivity index (χ2v) is 4.27. The van der Waals surface area contributed by atoms with Crippen LogP contribution < -0.4 is 5.73 Å². The second-order valence-electron chi connectivity index (χ2n) is 4.27. The van der Waals surface area contributed by atoms with Crippen molar-refractivity contribution in [1.29, 1.82) is 0 Å². The summed E-state index contributed by atoms with van der Waals surface area (Å²) in [6.07, 6.45) is -3.22. The smallest absolute Gasteiger partial charge is 0.398 e. The molecule has 0 saturated heterocycles. The maximum atomic E-state index is 12.5. The van der Waals surface area contributed by atoms with E-state index in [4.69, 9.17) is 5.73 Å². The van der Waals surface area contributed by atoms with Crippen LogP contribution in [0.2, 0.25) is 0 Å². The molecule has 0 saturated carbocycles. The molecule has 0 amide bonds. The highest BCUT2D eigenvalue weighted by Gasteiger charge is 2.33. The predicted octanol–water partition coefficient (Wildman–Crippen LogP) is 4.56. The third kappa shape index (κ3) is 3.59. The lowest BCUT2D eigenvalue weighted by atomic mass is 10.1. The lowest BCUT2D eigenvalue weighted by Gasteiger charge is -2.10. The summed E-state index contributed by atoms with van der Waals surface area (Å²) >= 11 is 0. The largest absolute Gasteiger partial charge is 0.433 e. The fourth-order valence-electron chi connectivity index (χ4n) is 1.65. The van der Waals surface area contributed by atoms with Crippen LogP contribution in [0.5, 0.6) is 0 Å². The lowest BCUT2D eigenvalue weighted by molar-refractivity contribution is -0.140. The van der Waals surface area contributed by atoms with Crippen LogP contribution >= 0.6 is 0 Å². The number of nitrogen functional groups attached to an aromatic ring is 1. The van der Waals surface area contributed by atoms with Crippen LogP contribution in [0.15, 0.2) is 24.3 Å². The van der Waals surface area contributed by atoms with E-state index in [0.717, 1.165) is 11.6 Å². The van der Waals surface area contributed by atoms with Gasteiger partial charge in [0.05, 0.1) is 5.52 Å². The molecule has 0 fully saturated rings. The summed E-state index contributed by atoms with van der Waals surface area (Å²) in [5.41, 5.74) is 5.85. The minimum Gasteiger partial charge on any atom is -0.398 e. The number of benzene rings is 1. The summed E-state index contributed by atoms with van der Waals surface area (Å²) in [6.45, 7) is 6.04. The molecular weight excluding hydrogens is 253 g/mol. The molecule has 0 radical (unpaired) electrons. The number of halogens is 3. The molecule has 2 N–H and O–H groups in total. The topological polar surface area (TPSA) is 38.9 Å². The van der Waals surface area contributed by atoms with Crippen LogP contribution in [0, 0.1) is 6.92 Å². The Labute approximate surface area is 110 Å². The van der Waals surface area contributed by atoms with Gasteiger partial charge in [-0.05, 0) is 24.6 Å². The molecule has 2 rings (SSSR count). The Morgan fingerprint density at radius 2 is 1.79 bits per heavy atom. The van der Waals surface area contributed by atoms with Gasteiger partial charge < -0.3 is 5.73 Å². The highest BCUT2D eigenvalue weighted by Crippen LogP contribution is 2.32. The zero-order valence-corrected chi connectivity index (χ0v) is 11.2. The van der Waals surface area contributed by atoms with Gasteiger partial charge in [-0.15, -0.1) is 0 Å². The number of fused-ring (bicyclic) bond motifs is 1. The molecule has 0 spiro atoms. The molecule has 1 heterocycles. The fraction of sp³-hybridized carbons (Fsp3) is 0.357. The van der Waals surface area contributed by atoms with Gasteiger partial charge in [0.25, 0.3) is 0 Å². The molecule has 0 aliphatic heterocycles. The summed E-state index contributed by atoms with van der Waals surface area (Å²) in [5.74, 6) is 0. The van der Waals surface area contributed by atoms with Crippen molar-refractivity contribution in [3.63, 3.8) is 0 Å². The van der Waals surface area contributed by atoms with Crippen LogP contribution in [-0.2, 0) is 6.18 Å². The summed E-state index contributed by atoms with van der Waals surface area (Å²) in [5, 5.41) is 0.579. The summed E-state index contributed by atoms with van der Waals surface area (Å²) in [7, 11) is 0. The molecule has 5 heteroatoms. The van der Waals surface area contributed by atoms with Gasteiger partial charge in [-0.1, -0.05) is 32.4 Å². The Morgan fingerprint density at radius 1 is 1.21 bits per heavy atom. The van der Waals surface area contributed by atoms with Crippen molar-refractivity contribution in [2.24, 2.45) is 0 Å². The van der Waals surface area contributed by atoms with Gasteiger partial charge in [0.1, 0.15) is 5.69 Å². The Morgan fingerprint density at radius 3 is 2.32 bits per heavy atom. The van der Waals surface area contributed by atoms with Crippen molar-refractivity contribution in [2.45, 2.75) is 33.4 Å². The van der Waals surface area contributed by atoms with Gasteiger partial charge in [-0.2, -0.15) is 13.2 Å². The average molecular weight is 270 g/mol. The Hall–Kier alpha value is -1.78. The molecule has 0 bridgehead atoms. The van der Waals surface area contributed by atoms with Crippen molar-refractivity contribution in [3.8, 4) is 0 Å². The number of nitrogens with two attached hydrogens (primary N) is 1. The first-order valence-corrected chi connectivity index (χ1v) is 6.04. The van der Waals surface area contributed by atoms with Gasteiger partial charge in [-0.3, -0.25) is 0 Å². The normalized spacial score (nSPS) is 11.1. The molecule has 0 aliphatic carbocycles. The maximum Gasteiger partial charge on any atom is 0.433 e. The van der Waals surface area contributed by atoms with Crippen LogP contribution in [0.4, 0.5) is 18.9 Å². The van der Waals surface area contributed by atoms with E-state index in [0.29, 0.717) is 5.39 Å².